The fourth-order valence-electron chi connectivity index (χ4n) is 3.79. The minimum atomic E-state index is -1.30. The van der Waals surface area contributed by atoms with Gasteiger partial charge in [-0.1, -0.05) is 19.6 Å². The van der Waals surface area contributed by atoms with E-state index in [0.717, 1.165) is 21.5 Å². The van der Waals surface area contributed by atoms with Crippen molar-refractivity contribution in [2.45, 2.75) is 44.6 Å². The largest absolute Gasteiger partial charge is 0.361 e. The summed E-state index contributed by atoms with van der Waals surface area (Å²) in [4.78, 5) is 55.4. The predicted octanol–water partition coefficient (Wildman–Crippen LogP) is 1.86. The van der Waals surface area contributed by atoms with E-state index in [1.54, 1.807) is 18.2 Å². The van der Waals surface area contributed by atoms with Gasteiger partial charge in [0.1, 0.15) is 26.2 Å². The molecule has 10 heteroatoms. The van der Waals surface area contributed by atoms with Crippen molar-refractivity contribution in [1.82, 2.24) is 9.80 Å². The zero-order chi connectivity index (χ0) is 22.3. The van der Waals surface area contributed by atoms with Crippen LogP contribution < -0.4 is 4.90 Å². The van der Waals surface area contributed by atoms with Crippen molar-refractivity contribution in [1.29, 1.82) is 0 Å². The highest BCUT2D eigenvalue weighted by Gasteiger charge is 2.47. The van der Waals surface area contributed by atoms with Crippen LogP contribution in [0.5, 0.6) is 0 Å². The van der Waals surface area contributed by atoms with Gasteiger partial charge in [0.05, 0.1) is 11.1 Å². The summed E-state index contributed by atoms with van der Waals surface area (Å²) in [5.41, 5.74) is 1.34. The maximum atomic E-state index is 13.1. The Bertz CT molecular complexity index is 940. The number of hydrogen-bond acceptors (Lipinski definition) is 7. The fourth-order valence-corrected chi connectivity index (χ4v) is 4.55. The molecule has 4 rings (SSSR count). The van der Waals surface area contributed by atoms with Crippen LogP contribution in [0.15, 0.2) is 18.2 Å². The number of carbonyl (C=O) groups is 4. The van der Waals surface area contributed by atoms with Crippen molar-refractivity contribution in [3.05, 3.63) is 29.3 Å². The average Bonchev–Trinajstić information content (AvgIpc) is 2.90. The van der Waals surface area contributed by atoms with Crippen LogP contribution in [0.25, 0.3) is 0 Å². The molecule has 0 saturated carbocycles. The van der Waals surface area contributed by atoms with E-state index < -0.39 is 31.8 Å². The van der Waals surface area contributed by atoms with Gasteiger partial charge in [-0.2, -0.15) is 0 Å². The summed E-state index contributed by atoms with van der Waals surface area (Å²) in [5.74, 6) is -1.91. The summed E-state index contributed by atoms with van der Waals surface area (Å²) >= 11 is 0. The van der Waals surface area contributed by atoms with Crippen LogP contribution in [0, 0.1) is 0 Å². The molecule has 0 N–H and O–H groups in total. The van der Waals surface area contributed by atoms with Gasteiger partial charge in [0.2, 0.25) is 5.91 Å². The van der Waals surface area contributed by atoms with Crippen molar-refractivity contribution >= 4 is 37.4 Å². The summed E-state index contributed by atoms with van der Waals surface area (Å²) < 4.78 is 10.7. The predicted molar refractivity (Wildman–Crippen MR) is 114 cm³/mol. The van der Waals surface area contributed by atoms with Gasteiger partial charge in [-0.3, -0.25) is 29.0 Å². The molecule has 0 radical (unpaired) electrons. The van der Waals surface area contributed by atoms with Crippen molar-refractivity contribution in [3.8, 4) is 0 Å². The van der Waals surface area contributed by atoms with Crippen LogP contribution in [-0.4, -0.2) is 74.3 Å². The number of likely N-dealkylation sites (tertiary alicyclic amines) is 1. The maximum absolute atomic E-state index is 13.1. The van der Waals surface area contributed by atoms with E-state index in [1.807, 2.05) is 4.90 Å². The van der Waals surface area contributed by atoms with E-state index in [9.17, 15) is 19.2 Å². The van der Waals surface area contributed by atoms with Gasteiger partial charge in [-0.25, -0.2) is 0 Å². The summed E-state index contributed by atoms with van der Waals surface area (Å²) in [6, 6.07) is 4.95. The molecule has 9 nitrogen and oxygen atoms in total. The second-order valence-electron chi connectivity index (χ2n) is 9.27. The first kappa shape index (κ1) is 21.7. The molecule has 166 valence electrons. The number of amides is 4. The molecule has 0 bridgehead atoms. The topological polar surface area (TPSA) is 96.5 Å². The van der Waals surface area contributed by atoms with Crippen molar-refractivity contribution in [2.75, 3.05) is 31.7 Å². The smallest absolute Gasteiger partial charge is 0.262 e. The van der Waals surface area contributed by atoms with E-state index in [1.165, 1.54) is 0 Å². The van der Waals surface area contributed by atoms with Gasteiger partial charge in [0, 0.05) is 26.8 Å². The van der Waals surface area contributed by atoms with E-state index in [2.05, 4.69) is 19.6 Å². The van der Waals surface area contributed by atoms with Crippen LogP contribution >= 0.6 is 0 Å². The van der Waals surface area contributed by atoms with Gasteiger partial charge in [-0.05, 0) is 30.7 Å². The summed E-state index contributed by atoms with van der Waals surface area (Å²) in [7, 11) is -1.30. The second kappa shape index (κ2) is 8.17. The summed E-state index contributed by atoms with van der Waals surface area (Å²) in [6.45, 7) is 7.82. The third-order valence-corrected chi connectivity index (χ3v) is 7.48. The number of benzene rings is 1. The monoisotopic (exact) mass is 445 g/mol. The molecule has 1 aromatic rings. The molecule has 31 heavy (non-hydrogen) atoms. The first-order valence-electron chi connectivity index (χ1n) is 10.4. The Morgan fingerprint density at radius 2 is 1.77 bits per heavy atom. The lowest BCUT2D eigenvalue weighted by Crippen LogP contribution is -2.56. The number of fused-ring (bicyclic) bond motifs is 1. The lowest BCUT2D eigenvalue weighted by atomic mass is 10.0. The molecular formula is C21H27N3O6Si. The molecule has 3 aliphatic heterocycles. The lowest BCUT2D eigenvalue weighted by molar-refractivity contribution is -0.157. The minimum Gasteiger partial charge on any atom is -0.361 e. The van der Waals surface area contributed by atoms with E-state index in [4.69, 9.17) is 9.47 Å². The van der Waals surface area contributed by atoms with Gasteiger partial charge in [-0.15, -0.1) is 0 Å². The summed E-state index contributed by atoms with van der Waals surface area (Å²) in [6.07, 6.45) is 0.207. The van der Waals surface area contributed by atoms with Crippen LogP contribution in [0.4, 0.5) is 5.69 Å². The number of imide groups is 2. The van der Waals surface area contributed by atoms with Gasteiger partial charge >= 0.3 is 0 Å². The average molecular weight is 446 g/mol. The molecule has 1 unspecified atom stereocenters. The summed E-state index contributed by atoms with van der Waals surface area (Å²) in [5, 5.41) is 0. The highest BCUT2D eigenvalue weighted by atomic mass is 28.3. The van der Waals surface area contributed by atoms with Crippen LogP contribution in [-0.2, 0) is 19.1 Å². The minimum absolute atomic E-state index is 0.0809. The molecular weight excluding hydrogens is 418 g/mol. The molecule has 2 fully saturated rings. The number of anilines is 1. The molecule has 2 saturated heterocycles. The van der Waals surface area contributed by atoms with Crippen LogP contribution in [0.1, 0.15) is 33.6 Å². The molecule has 3 aliphatic rings. The number of rotatable bonds is 7. The molecule has 0 aromatic heterocycles. The van der Waals surface area contributed by atoms with Crippen LogP contribution in [0.2, 0.25) is 25.7 Å². The Kier molecular flexibility index (Phi) is 5.71. The highest BCUT2D eigenvalue weighted by molar-refractivity contribution is 6.76. The third-order valence-electron chi connectivity index (χ3n) is 5.77. The quantitative estimate of drug-likeness (QED) is 0.359. The Labute approximate surface area is 181 Å². The number of carbonyl (C=O) groups excluding carboxylic acids is 4. The van der Waals surface area contributed by atoms with Gasteiger partial charge in [0.15, 0.2) is 0 Å². The van der Waals surface area contributed by atoms with Crippen LogP contribution in [0.3, 0.4) is 0 Å². The van der Waals surface area contributed by atoms with Crippen molar-refractivity contribution in [2.24, 2.45) is 0 Å². The number of hydrogen-bond donors (Lipinski definition) is 0. The number of ether oxygens (including phenoxy) is 2. The molecule has 3 heterocycles. The van der Waals surface area contributed by atoms with Crippen molar-refractivity contribution < 1.29 is 28.7 Å². The van der Waals surface area contributed by atoms with E-state index in [0.29, 0.717) is 20.1 Å². The SMILES string of the molecule is C[Si](C)(C)CCOCN1C(=O)CCC(N2C(=O)c3ccc(N4COC4)cc3C2=O)C1=O. The normalized spacial score (nSPS) is 21.6. The molecule has 1 atom stereocenters. The van der Waals surface area contributed by atoms with E-state index in [-0.39, 0.29) is 36.6 Å². The maximum Gasteiger partial charge on any atom is 0.262 e. The third kappa shape index (κ3) is 4.15. The Balaban J connectivity index is 1.48. The van der Waals surface area contributed by atoms with Crippen molar-refractivity contribution in [3.63, 3.8) is 0 Å². The Morgan fingerprint density at radius 1 is 1.06 bits per heavy atom. The first-order valence-corrected chi connectivity index (χ1v) is 14.1. The van der Waals surface area contributed by atoms with Gasteiger partial charge < -0.3 is 14.4 Å². The molecule has 0 aliphatic carbocycles. The number of piperidine rings is 1. The molecule has 0 spiro atoms. The second-order valence-corrected chi connectivity index (χ2v) is 14.9. The zero-order valence-electron chi connectivity index (χ0n) is 18.1. The zero-order valence-corrected chi connectivity index (χ0v) is 19.1. The van der Waals surface area contributed by atoms with Gasteiger partial charge in [0.25, 0.3) is 17.7 Å². The Hall–Kier alpha value is -2.56. The number of nitrogens with zero attached hydrogens (tertiary/aromatic N) is 3. The van der Waals surface area contributed by atoms with E-state index >= 15 is 0 Å². The lowest BCUT2D eigenvalue weighted by Gasteiger charge is -2.34. The Morgan fingerprint density at radius 3 is 2.42 bits per heavy atom. The molecule has 1 aromatic carbocycles. The standard InChI is InChI=1S/C21H27N3O6Si/c1-31(2,3)9-8-29-13-23-18(25)7-6-17(21(23)28)24-19(26)15-5-4-14(22-11-30-12-22)10-16(15)20(24)27/h4-5,10,17H,6-9,11-13H2,1-3H3. The first-order chi connectivity index (χ1) is 14.7. The molecule has 4 amide bonds. The highest BCUT2D eigenvalue weighted by Crippen LogP contribution is 2.32. The fraction of sp³-hybridized carbons (Fsp3) is 0.524.